The monoisotopic (exact) mass is 471 g/mol. The van der Waals surface area contributed by atoms with Crippen LogP contribution in [-0.4, -0.2) is 56.0 Å². The summed E-state index contributed by atoms with van der Waals surface area (Å²) in [7, 11) is 1.71. The van der Waals surface area contributed by atoms with Crippen molar-refractivity contribution in [3.63, 3.8) is 0 Å². The van der Waals surface area contributed by atoms with Crippen LogP contribution in [0.1, 0.15) is 22.8 Å². The van der Waals surface area contributed by atoms with Crippen LogP contribution >= 0.6 is 11.6 Å². The summed E-state index contributed by atoms with van der Waals surface area (Å²) in [5, 5.41) is 40.5. The van der Waals surface area contributed by atoms with Gasteiger partial charge in [-0.25, -0.2) is 0 Å². The Balaban J connectivity index is 1.56. The molecular formula is C25H26ClNO6. The van der Waals surface area contributed by atoms with Gasteiger partial charge in [0.15, 0.2) is 0 Å². The van der Waals surface area contributed by atoms with Crippen LogP contribution < -0.4 is 5.56 Å². The highest BCUT2D eigenvalue weighted by Gasteiger charge is 2.44. The van der Waals surface area contributed by atoms with Gasteiger partial charge in [-0.2, -0.15) is 0 Å². The van der Waals surface area contributed by atoms with E-state index in [-0.39, 0.29) is 5.56 Å². The van der Waals surface area contributed by atoms with Gasteiger partial charge < -0.3 is 29.7 Å². The fourth-order valence-corrected chi connectivity index (χ4v) is 4.27. The average Bonchev–Trinajstić information content (AvgIpc) is 2.82. The van der Waals surface area contributed by atoms with Gasteiger partial charge in [-0.05, 0) is 46.4 Å². The fourth-order valence-electron chi connectivity index (χ4n) is 4.08. The van der Waals surface area contributed by atoms with E-state index in [0.29, 0.717) is 17.0 Å². The molecule has 8 heteroatoms. The van der Waals surface area contributed by atoms with Crippen molar-refractivity contribution in [3.05, 3.63) is 92.9 Å². The Bertz CT molecular complexity index is 1180. The van der Waals surface area contributed by atoms with E-state index >= 15 is 0 Å². The van der Waals surface area contributed by atoms with E-state index in [1.54, 1.807) is 37.5 Å². The van der Waals surface area contributed by atoms with Gasteiger partial charge in [0.1, 0.15) is 30.5 Å². The van der Waals surface area contributed by atoms with E-state index < -0.39 is 37.1 Å². The number of ether oxygens (including phenoxy) is 1. The number of benzene rings is 2. The van der Waals surface area contributed by atoms with Crippen molar-refractivity contribution in [1.29, 1.82) is 0 Å². The van der Waals surface area contributed by atoms with Crippen molar-refractivity contribution in [2.75, 3.05) is 6.61 Å². The molecule has 174 valence electrons. The second kappa shape index (κ2) is 9.77. The smallest absolute Gasteiger partial charge is 0.250 e. The third kappa shape index (κ3) is 4.89. The number of pyridine rings is 1. The minimum Gasteiger partial charge on any atom is -0.394 e. The predicted molar refractivity (Wildman–Crippen MR) is 124 cm³/mol. The van der Waals surface area contributed by atoms with Gasteiger partial charge >= 0.3 is 0 Å². The van der Waals surface area contributed by atoms with Gasteiger partial charge in [-0.1, -0.05) is 48.0 Å². The zero-order valence-electron chi connectivity index (χ0n) is 18.0. The maximum atomic E-state index is 11.6. The number of aryl methyl sites for hydroxylation is 1. The molecule has 2 aromatic carbocycles. The molecular weight excluding hydrogens is 446 g/mol. The number of aliphatic hydroxyl groups is 4. The summed E-state index contributed by atoms with van der Waals surface area (Å²) in [4.78, 5) is 11.6. The average molecular weight is 472 g/mol. The Morgan fingerprint density at radius 3 is 2.30 bits per heavy atom. The normalized spacial score (nSPS) is 25.2. The van der Waals surface area contributed by atoms with Crippen molar-refractivity contribution >= 4 is 11.6 Å². The molecule has 0 aliphatic carbocycles. The summed E-state index contributed by atoms with van der Waals surface area (Å²) in [6, 6.07) is 16.4. The summed E-state index contributed by atoms with van der Waals surface area (Å²) in [6.07, 6.45) is -3.77. The number of hydrogen-bond donors (Lipinski definition) is 4. The van der Waals surface area contributed by atoms with Crippen LogP contribution in [0, 0.1) is 0 Å². The van der Waals surface area contributed by atoms with Crippen molar-refractivity contribution in [3.8, 4) is 11.1 Å². The lowest BCUT2D eigenvalue weighted by Gasteiger charge is -2.40. The number of halogens is 1. The Morgan fingerprint density at radius 1 is 0.939 bits per heavy atom. The van der Waals surface area contributed by atoms with Crippen molar-refractivity contribution < 1.29 is 25.2 Å². The minimum atomic E-state index is -1.44. The summed E-state index contributed by atoms with van der Waals surface area (Å²) in [5.41, 5.74) is 4.26. The van der Waals surface area contributed by atoms with E-state index in [4.69, 9.17) is 16.3 Å². The lowest BCUT2D eigenvalue weighted by Crippen LogP contribution is -2.55. The number of aromatic nitrogens is 1. The molecule has 1 saturated heterocycles. The summed E-state index contributed by atoms with van der Waals surface area (Å²) >= 11 is 6.42. The molecule has 0 amide bonds. The maximum Gasteiger partial charge on any atom is 0.250 e. The van der Waals surface area contributed by atoms with Gasteiger partial charge in [0.05, 0.1) is 6.61 Å². The van der Waals surface area contributed by atoms with E-state index in [9.17, 15) is 25.2 Å². The molecule has 33 heavy (non-hydrogen) atoms. The Labute approximate surface area is 196 Å². The highest BCUT2D eigenvalue weighted by atomic mass is 35.5. The summed E-state index contributed by atoms with van der Waals surface area (Å²) in [5.74, 6) is 0. The molecule has 1 aliphatic heterocycles. The van der Waals surface area contributed by atoms with Crippen molar-refractivity contribution in [2.45, 2.75) is 36.9 Å². The second-order valence-corrected chi connectivity index (χ2v) is 8.75. The van der Waals surface area contributed by atoms with Crippen LogP contribution in [0.25, 0.3) is 11.1 Å². The van der Waals surface area contributed by atoms with E-state index in [0.717, 1.165) is 22.3 Å². The first-order chi connectivity index (χ1) is 15.8. The van der Waals surface area contributed by atoms with E-state index in [1.165, 1.54) is 10.6 Å². The van der Waals surface area contributed by atoms with Crippen LogP contribution in [0.15, 0.2) is 65.6 Å². The van der Waals surface area contributed by atoms with Crippen LogP contribution in [0.2, 0.25) is 5.02 Å². The minimum absolute atomic E-state index is 0.0655. The predicted octanol–water partition coefficient (Wildman–Crippen LogP) is 1.81. The lowest BCUT2D eigenvalue weighted by molar-refractivity contribution is -0.231. The number of rotatable bonds is 5. The highest BCUT2D eigenvalue weighted by Crippen LogP contribution is 2.34. The van der Waals surface area contributed by atoms with Gasteiger partial charge in [-0.15, -0.1) is 0 Å². The molecule has 1 aromatic heterocycles. The quantitative estimate of drug-likeness (QED) is 0.451. The first-order valence-corrected chi connectivity index (χ1v) is 11.0. The van der Waals surface area contributed by atoms with Crippen LogP contribution in [0.4, 0.5) is 0 Å². The highest BCUT2D eigenvalue weighted by molar-refractivity contribution is 6.31. The summed E-state index contributed by atoms with van der Waals surface area (Å²) < 4.78 is 7.20. The topological polar surface area (TPSA) is 112 Å². The SMILES string of the molecule is Cn1cc(-c2ccc(Cc3cc([C@@H]4O[C@H](CO)[C@@H](O)[C@H](O)[C@H]4O)ccc3Cl)cc2)ccc1=O. The second-order valence-electron chi connectivity index (χ2n) is 8.34. The molecule has 0 unspecified atom stereocenters. The molecule has 4 N–H and O–H groups in total. The molecule has 7 nitrogen and oxygen atoms in total. The summed E-state index contributed by atoms with van der Waals surface area (Å²) in [6.45, 7) is -0.482. The molecule has 0 bridgehead atoms. The number of aliphatic hydroxyl groups excluding tert-OH is 4. The van der Waals surface area contributed by atoms with Crippen LogP contribution in [0.5, 0.6) is 0 Å². The van der Waals surface area contributed by atoms with Gasteiger partial charge in [-0.3, -0.25) is 4.79 Å². The zero-order chi connectivity index (χ0) is 23.7. The molecule has 0 radical (unpaired) electrons. The van der Waals surface area contributed by atoms with E-state index in [2.05, 4.69) is 0 Å². The van der Waals surface area contributed by atoms with Crippen LogP contribution in [0.3, 0.4) is 0 Å². The molecule has 4 rings (SSSR count). The first-order valence-electron chi connectivity index (χ1n) is 10.6. The molecule has 5 atom stereocenters. The third-order valence-corrected chi connectivity index (χ3v) is 6.43. The Morgan fingerprint density at radius 2 is 1.64 bits per heavy atom. The molecule has 0 spiro atoms. The van der Waals surface area contributed by atoms with Crippen molar-refractivity contribution in [2.24, 2.45) is 7.05 Å². The number of hydrogen-bond acceptors (Lipinski definition) is 6. The first kappa shape index (κ1) is 23.6. The Hall–Kier alpha value is -2.52. The Kier molecular flexibility index (Phi) is 6.99. The number of nitrogens with zero attached hydrogens (tertiary/aromatic N) is 1. The standard InChI is InChI=1S/C25H26ClNO6/c1-27-12-17(7-9-21(27)29)15-4-2-14(3-5-15)10-18-11-16(6-8-19(18)26)25-24(32)23(31)22(30)20(13-28)33-25/h2-9,11-12,20,22-25,28,30-32H,10,13H2,1H3/t20-,22-,23+,24-,25+/m1/s1. The van der Waals surface area contributed by atoms with Gasteiger partial charge in [0, 0.05) is 24.3 Å². The van der Waals surface area contributed by atoms with Gasteiger partial charge in [0.2, 0.25) is 5.56 Å². The lowest BCUT2D eigenvalue weighted by atomic mass is 9.90. The van der Waals surface area contributed by atoms with E-state index in [1.807, 2.05) is 24.3 Å². The fraction of sp³-hybridized carbons (Fsp3) is 0.320. The largest absolute Gasteiger partial charge is 0.394 e. The molecule has 2 heterocycles. The molecule has 0 saturated carbocycles. The third-order valence-electron chi connectivity index (χ3n) is 6.06. The van der Waals surface area contributed by atoms with Crippen molar-refractivity contribution in [1.82, 2.24) is 4.57 Å². The molecule has 1 aliphatic rings. The van der Waals surface area contributed by atoms with Gasteiger partial charge in [0.25, 0.3) is 0 Å². The zero-order valence-corrected chi connectivity index (χ0v) is 18.8. The van der Waals surface area contributed by atoms with Crippen LogP contribution in [-0.2, 0) is 18.2 Å². The molecule has 3 aromatic rings. The maximum absolute atomic E-state index is 11.6. The molecule has 1 fully saturated rings.